The molecule has 0 bridgehead atoms. The van der Waals surface area contributed by atoms with Gasteiger partial charge in [0.05, 0.1) is 5.69 Å². The lowest BCUT2D eigenvalue weighted by molar-refractivity contribution is 0.617. The summed E-state index contributed by atoms with van der Waals surface area (Å²) in [6.07, 6.45) is 1.81. The fourth-order valence-electron chi connectivity index (χ4n) is 1.26. The van der Waals surface area contributed by atoms with Crippen LogP contribution in [0.25, 0.3) is 5.69 Å². The topological polar surface area (TPSA) is 20.7 Å². The van der Waals surface area contributed by atoms with Gasteiger partial charge in [-0.2, -0.15) is 0 Å². The van der Waals surface area contributed by atoms with E-state index in [0.717, 1.165) is 5.69 Å². The summed E-state index contributed by atoms with van der Waals surface area (Å²) in [6, 6.07) is 6.70. The van der Waals surface area contributed by atoms with Gasteiger partial charge in [0.1, 0.15) is 10.5 Å². The zero-order valence-electron chi connectivity index (χ0n) is 9.62. The molecule has 0 saturated heterocycles. The Bertz CT molecular complexity index is 514. The Labute approximate surface area is 99.7 Å². The second-order valence-corrected chi connectivity index (χ2v) is 3.54. The summed E-state index contributed by atoms with van der Waals surface area (Å²) in [7, 11) is 0. The first-order chi connectivity index (χ1) is 7.66. The van der Waals surface area contributed by atoms with Crippen molar-refractivity contribution in [2.75, 3.05) is 0 Å². The van der Waals surface area contributed by atoms with Gasteiger partial charge in [0.25, 0.3) is 0 Å². The highest BCUT2D eigenvalue weighted by Gasteiger charge is 2.00. The fourth-order valence-corrected chi connectivity index (χ4v) is 1.42. The molecule has 1 heterocycles. The minimum Gasteiger partial charge on any atom is -0.284 e. The van der Waals surface area contributed by atoms with Gasteiger partial charge >= 0.3 is 0 Å². The third-order valence-corrected chi connectivity index (χ3v) is 2.25. The van der Waals surface area contributed by atoms with Crippen LogP contribution in [0.4, 0.5) is 4.39 Å². The van der Waals surface area contributed by atoms with E-state index in [-0.39, 0.29) is 5.82 Å². The summed E-state index contributed by atoms with van der Waals surface area (Å²) in [4.78, 5) is 0. The number of nitrogens with one attached hydrogen (secondary N) is 1. The van der Waals surface area contributed by atoms with Gasteiger partial charge in [0, 0.05) is 6.20 Å². The Balaban J connectivity index is 0.000000606. The Morgan fingerprint density at radius 3 is 2.44 bits per heavy atom. The number of halogens is 1. The van der Waals surface area contributed by atoms with Crippen molar-refractivity contribution in [2.45, 2.75) is 20.8 Å². The number of benzene rings is 1. The normalized spacial score (nSPS) is 9.50. The molecule has 0 aliphatic carbocycles. The first-order valence-corrected chi connectivity index (χ1v) is 5.62. The smallest absolute Gasteiger partial charge is 0.126 e. The van der Waals surface area contributed by atoms with Crippen molar-refractivity contribution in [1.82, 2.24) is 9.78 Å². The van der Waals surface area contributed by atoms with E-state index < -0.39 is 0 Å². The lowest BCUT2D eigenvalue weighted by Gasteiger charge is -2.03. The molecule has 0 saturated carbocycles. The van der Waals surface area contributed by atoms with Crippen molar-refractivity contribution in [3.05, 3.63) is 46.5 Å². The molecule has 0 spiro atoms. The Morgan fingerprint density at radius 1 is 1.25 bits per heavy atom. The highest BCUT2D eigenvalue weighted by atomic mass is 32.1. The van der Waals surface area contributed by atoms with Crippen molar-refractivity contribution in [3.63, 3.8) is 0 Å². The van der Waals surface area contributed by atoms with Gasteiger partial charge in [0.15, 0.2) is 0 Å². The van der Waals surface area contributed by atoms with Crippen molar-refractivity contribution in [1.29, 1.82) is 0 Å². The molecule has 1 N–H and O–H groups in total. The standard InChI is InChI=1S/C10H9FN2S.C2H6/c1-7-6-8(2-3-9(7)11)13-5-4-10(14)12-13;1-2/h2-6H,1H3,(H,12,14);1-2H3. The minimum absolute atomic E-state index is 0.195. The number of hydrogen-bond acceptors (Lipinski definition) is 1. The number of nitrogens with zero attached hydrogens (tertiary/aromatic N) is 1. The van der Waals surface area contributed by atoms with Crippen LogP contribution in [0.15, 0.2) is 30.5 Å². The second-order valence-electron chi connectivity index (χ2n) is 3.10. The predicted molar refractivity (Wildman–Crippen MR) is 67.0 cm³/mol. The summed E-state index contributed by atoms with van der Waals surface area (Å²) in [6.45, 7) is 5.73. The van der Waals surface area contributed by atoms with Gasteiger partial charge in [0.2, 0.25) is 0 Å². The van der Waals surface area contributed by atoms with Crippen LogP contribution in [0.1, 0.15) is 19.4 Å². The lowest BCUT2D eigenvalue weighted by atomic mass is 10.2. The maximum Gasteiger partial charge on any atom is 0.126 e. The van der Waals surface area contributed by atoms with Crippen LogP contribution in [-0.2, 0) is 0 Å². The molecular formula is C12H15FN2S. The number of H-pyrrole nitrogens is 1. The van der Waals surface area contributed by atoms with Gasteiger partial charge in [-0.3, -0.25) is 9.78 Å². The van der Waals surface area contributed by atoms with E-state index in [1.54, 1.807) is 29.8 Å². The van der Waals surface area contributed by atoms with Crippen LogP contribution >= 0.6 is 12.2 Å². The van der Waals surface area contributed by atoms with Gasteiger partial charge in [-0.25, -0.2) is 4.39 Å². The SMILES string of the molecule is CC.Cc1cc(-n2ccc(=S)[nH]2)ccc1F. The number of hydrogen-bond donors (Lipinski definition) is 1. The van der Waals surface area contributed by atoms with E-state index >= 15 is 0 Å². The summed E-state index contributed by atoms with van der Waals surface area (Å²) in [5.74, 6) is -0.195. The summed E-state index contributed by atoms with van der Waals surface area (Å²) in [5, 5.41) is 2.95. The van der Waals surface area contributed by atoms with E-state index in [0.29, 0.717) is 10.2 Å². The lowest BCUT2D eigenvalue weighted by Crippen LogP contribution is -1.95. The summed E-state index contributed by atoms with van der Waals surface area (Å²) < 4.78 is 15.4. The van der Waals surface area contributed by atoms with Crippen LogP contribution in [-0.4, -0.2) is 9.78 Å². The third-order valence-electron chi connectivity index (χ3n) is 2.03. The van der Waals surface area contributed by atoms with E-state index in [1.165, 1.54) is 6.07 Å². The minimum atomic E-state index is -0.195. The monoisotopic (exact) mass is 238 g/mol. The average molecular weight is 238 g/mol. The molecule has 1 aromatic carbocycles. The van der Waals surface area contributed by atoms with Gasteiger partial charge < -0.3 is 0 Å². The first-order valence-electron chi connectivity index (χ1n) is 5.21. The van der Waals surface area contributed by atoms with Crippen molar-refractivity contribution >= 4 is 12.2 Å². The zero-order chi connectivity index (χ0) is 12.1. The highest BCUT2D eigenvalue weighted by molar-refractivity contribution is 7.71. The quantitative estimate of drug-likeness (QED) is 0.744. The Hall–Kier alpha value is -1.42. The molecular weight excluding hydrogens is 223 g/mol. The number of aromatic amines is 1. The second kappa shape index (κ2) is 5.61. The highest BCUT2D eigenvalue weighted by Crippen LogP contribution is 2.12. The molecule has 0 unspecified atom stereocenters. The van der Waals surface area contributed by atoms with Crippen molar-refractivity contribution < 1.29 is 4.39 Å². The van der Waals surface area contributed by atoms with E-state index in [4.69, 9.17) is 12.2 Å². The third kappa shape index (κ3) is 2.79. The van der Waals surface area contributed by atoms with Crippen LogP contribution in [0.2, 0.25) is 0 Å². The van der Waals surface area contributed by atoms with Crippen molar-refractivity contribution in [3.8, 4) is 5.69 Å². The maximum atomic E-state index is 13.0. The number of rotatable bonds is 1. The van der Waals surface area contributed by atoms with Gasteiger partial charge in [-0.1, -0.05) is 26.1 Å². The predicted octanol–water partition coefficient (Wildman–Crippen LogP) is 4.01. The van der Waals surface area contributed by atoms with Gasteiger partial charge in [-0.05, 0) is 36.8 Å². The molecule has 2 nitrogen and oxygen atoms in total. The van der Waals surface area contributed by atoms with E-state index in [9.17, 15) is 4.39 Å². The summed E-state index contributed by atoms with van der Waals surface area (Å²) in [5.41, 5.74) is 1.50. The molecule has 0 aliphatic heterocycles. The number of aryl methyl sites for hydroxylation is 1. The average Bonchev–Trinajstić information content (AvgIpc) is 2.72. The molecule has 0 fully saturated rings. The molecule has 2 aromatic rings. The first kappa shape index (κ1) is 12.6. The van der Waals surface area contributed by atoms with Crippen molar-refractivity contribution in [2.24, 2.45) is 0 Å². The van der Waals surface area contributed by atoms with E-state index in [1.807, 2.05) is 20.0 Å². The Morgan fingerprint density at radius 2 is 1.94 bits per heavy atom. The molecule has 4 heteroatoms. The maximum absolute atomic E-state index is 13.0. The van der Waals surface area contributed by atoms with Crippen LogP contribution in [0, 0.1) is 17.4 Å². The molecule has 1 aromatic heterocycles. The molecule has 0 aliphatic rings. The number of aromatic nitrogens is 2. The molecule has 16 heavy (non-hydrogen) atoms. The fraction of sp³-hybridized carbons (Fsp3) is 0.250. The summed E-state index contributed by atoms with van der Waals surface area (Å²) >= 11 is 4.94. The molecule has 0 atom stereocenters. The molecule has 0 radical (unpaired) electrons. The van der Waals surface area contributed by atoms with Crippen LogP contribution < -0.4 is 0 Å². The van der Waals surface area contributed by atoms with Crippen LogP contribution in [0.3, 0.4) is 0 Å². The molecule has 0 amide bonds. The van der Waals surface area contributed by atoms with Crippen LogP contribution in [0.5, 0.6) is 0 Å². The van der Waals surface area contributed by atoms with Gasteiger partial charge in [-0.15, -0.1) is 0 Å². The molecule has 2 rings (SSSR count). The largest absolute Gasteiger partial charge is 0.284 e. The zero-order valence-corrected chi connectivity index (χ0v) is 10.4. The molecule has 86 valence electrons. The Kier molecular flexibility index (Phi) is 4.43. The van der Waals surface area contributed by atoms with E-state index in [2.05, 4.69) is 5.10 Å².